The Morgan fingerprint density at radius 1 is 1.23 bits per heavy atom. The molecule has 0 saturated carbocycles. The number of hydrogen-bond acceptors (Lipinski definition) is 4. The number of hydrogen-bond donors (Lipinski definition) is 1. The van der Waals surface area contributed by atoms with Crippen LogP contribution in [0.4, 0.5) is 5.69 Å². The third-order valence-corrected chi connectivity index (χ3v) is 4.32. The monoisotopic (exact) mass is 349 g/mol. The number of rotatable bonds is 4. The molecule has 2 aromatic carbocycles. The maximum absolute atomic E-state index is 12.8. The second-order valence-electron chi connectivity index (χ2n) is 6.00. The molecule has 1 aliphatic heterocycles. The second kappa shape index (κ2) is 7.70. The Morgan fingerprint density at radius 3 is 2.65 bits per heavy atom. The third kappa shape index (κ3) is 3.67. The first-order chi connectivity index (χ1) is 12.6. The van der Waals surface area contributed by atoms with Crippen molar-refractivity contribution in [1.29, 1.82) is 5.26 Å². The average molecular weight is 349 g/mol. The zero-order chi connectivity index (χ0) is 18.5. The Morgan fingerprint density at radius 2 is 1.96 bits per heavy atom. The quantitative estimate of drug-likeness (QED) is 0.916. The van der Waals surface area contributed by atoms with Gasteiger partial charge in [0.1, 0.15) is 5.75 Å². The number of ether oxygens (including phenoxy) is 1. The minimum atomic E-state index is -0.728. The van der Waals surface area contributed by atoms with Crippen LogP contribution in [-0.2, 0) is 16.0 Å². The van der Waals surface area contributed by atoms with Crippen molar-refractivity contribution in [2.24, 2.45) is 0 Å². The van der Waals surface area contributed by atoms with Gasteiger partial charge in [-0.2, -0.15) is 5.26 Å². The van der Waals surface area contributed by atoms with Crippen LogP contribution in [0.5, 0.6) is 5.75 Å². The maximum atomic E-state index is 12.8. The fourth-order valence-corrected chi connectivity index (χ4v) is 2.90. The predicted molar refractivity (Wildman–Crippen MR) is 96.8 cm³/mol. The molecule has 0 radical (unpaired) electrons. The largest absolute Gasteiger partial charge is 0.477 e. The van der Waals surface area contributed by atoms with Gasteiger partial charge in [-0.05, 0) is 36.2 Å². The molecule has 2 aromatic rings. The number of likely N-dealkylation sites (N-methyl/N-ethyl adjacent to an activating group) is 1. The molecule has 0 aromatic heterocycles. The van der Waals surface area contributed by atoms with E-state index in [0.717, 1.165) is 5.56 Å². The Bertz CT molecular complexity index is 855. The number of fused-ring (bicyclic) bond motifs is 1. The summed E-state index contributed by atoms with van der Waals surface area (Å²) < 4.78 is 5.72. The Hall–Kier alpha value is -3.33. The number of amides is 2. The Balaban J connectivity index is 1.74. The van der Waals surface area contributed by atoms with Crippen molar-refractivity contribution in [3.05, 3.63) is 59.7 Å². The molecule has 132 valence electrons. The van der Waals surface area contributed by atoms with Crippen molar-refractivity contribution in [2.75, 3.05) is 18.5 Å². The highest BCUT2D eigenvalue weighted by Crippen LogP contribution is 2.33. The van der Waals surface area contributed by atoms with Crippen LogP contribution in [0.2, 0.25) is 0 Å². The van der Waals surface area contributed by atoms with Crippen molar-refractivity contribution in [1.82, 2.24) is 5.32 Å². The number of nitrogens with one attached hydrogen (secondary N) is 1. The smallest absolute Gasteiger partial charge is 0.262 e. The Labute approximate surface area is 152 Å². The van der Waals surface area contributed by atoms with Gasteiger partial charge in [-0.3, -0.25) is 9.59 Å². The van der Waals surface area contributed by atoms with Crippen LogP contribution in [0, 0.1) is 11.3 Å². The summed E-state index contributed by atoms with van der Waals surface area (Å²) in [6.45, 7) is 0.183. The number of nitrogens with zero attached hydrogens (tertiary/aromatic N) is 2. The molecule has 2 amide bonds. The highest BCUT2D eigenvalue weighted by molar-refractivity contribution is 5.97. The molecule has 6 nitrogen and oxygen atoms in total. The molecule has 0 saturated heterocycles. The lowest BCUT2D eigenvalue weighted by Crippen LogP contribution is -2.50. The van der Waals surface area contributed by atoms with Crippen molar-refractivity contribution in [3.63, 3.8) is 0 Å². The first kappa shape index (κ1) is 17.5. The summed E-state index contributed by atoms with van der Waals surface area (Å²) in [6, 6.07) is 16.5. The second-order valence-corrected chi connectivity index (χ2v) is 6.00. The lowest BCUT2D eigenvalue weighted by molar-refractivity contribution is -0.127. The molecule has 0 aliphatic carbocycles. The molecule has 3 rings (SSSR count). The van der Waals surface area contributed by atoms with E-state index in [1.807, 2.05) is 30.3 Å². The number of aryl methyl sites for hydroxylation is 1. The summed E-state index contributed by atoms with van der Waals surface area (Å²) in [6.07, 6.45) is 0.142. The minimum Gasteiger partial charge on any atom is -0.477 e. The van der Waals surface area contributed by atoms with Crippen LogP contribution >= 0.6 is 0 Å². The summed E-state index contributed by atoms with van der Waals surface area (Å²) in [5.41, 5.74) is 2.26. The molecule has 1 aliphatic rings. The number of nitriles is 1. The topological polar surface area (TPSA) is 82.4 Å². The lowest BCUT2D eigenvalue weighted by atomic mass is 10.1. The van der Waals surface area contributed by atoms with E-state index < -0.39 is 6.10 Å². The van der Waals surface area contributed by atoms with Gasteiger partial charge >= 0.3 is 0 Å². The summed E-state index contributed by atoms with van der Waals surface area (Å²) in [4.78, 5) is 26.4. The van der Waals surface area contributed by atoms with E-state index in [9.17, 15) is 9.59 Å². The van der Waals surface area contributed by atoms with Gasteiger partial charge in [0.05, 0.1) is 23.9 Å². The van der Waals surface area contributed by atoms with Crippen LogP contribution in [0.1, 0.15) is 17.5 Å². The highest BCUT2D eigenvalue weighted by Gasteiger charge is 2.32. The number of carbonyl (C=O) groups is 2. The van der Waals surface area contributed by atoms with Crippen molar-refractivity contribution < 1.29 is 14.3 Å². The molecule has 1 N–H and O–H groups in total. The van der Waals surface area contributed by atoms with E-state index in [-0.39, 0.29) is 18.4 Å². The van der Waals surface area contributed by atoms with Gasteiger partial charge in [-0.25, -0.2) is 0 Å². The van der Waals surface area contributed by atoms with Gasteiger partial charge in [0, 0.05) is 13.5 Å². The van der Waals surface area contributed by atoms with E-state index in [0.29, 0.717) is 29.8 Å². The fraction of sp³-hybridized carbons (Fsp3) is 0.250. The summed E-state index contributed by atoms with van der Waals surface area (Å²) in [5, 5.41) is 11.4. The molecule has 6 heteroatoms. The highest BCUT2D eigenvalue weighted by atomic mass is 16.5. The third-order valence-electron chi connectivity index (χ3n) is 4.32. The lowest BCUT2D eigenvalue weighted by Gasteiger charge is -2.34. The molecule has 0 unspecified atom stereocenters. The summed E-state index contributed by atoms with van der Waals surface area (Å²) >= 11 is 0. The molecule has 0 bridgehead atoms. The van der Waals surface area contributed by atoms with Crippen LogP contribution < -0.4 is 15.0 Å². The normalized spacial score (nSPS) is 15.4. The molecule has 26 heavy (non-hydrogen) atoms. The Kier molecular flexibility index (Phi) is 5.18. The van der Waals surface area contributed by atoms with Gasteiger partial charge in [0.2, 0.25) is 5.91 Å². The molecule has 0 fully saturated rings. The maximum Gasteiger partial charge on any atom is 0.262 e. The molecule has 0 spiro atoms. The van der Waals surface area contributed by atoms with E-state index in [4.69, 9.17) is 10.00 Å². The van der Waals surface area contributed by atoms with Crippen LogP contribution in [-0.4, -0.2) is 31.5 Å². The van der Waals surface area contributed by atoms with Crippen molar-refractivity contribution in [2.45, 2.75) is 18.9 Å². The standard InChI is InChI=1S/C20H19N3O3/c1-22-20(25)18-13-23(16-4-2-3-5-17(16)26-18)19(24)11-10-14-6-8-15(12-21)9-7-14/h2-9,18H,10-11,13H2,1H3,(H,22,25)/t18-/m0/s1. The molecule has 1 atom stereocenters. The van der Waals surface area contributed by atoms with E-state index >= 15 is 0 Å². The molecule has 1 heterocycles. The van der Waals surface area contributed by atoms with Crippen LogP contribution in [0.3, 0.4) is 0 Å². The number of benzene rings is 2. The van der Waals surface area contributed by atoms with Crippen molar-refractivity contribution >= 4 is 17.5 Å². The SMILES string of the molecule is CNC(=O)[C@@H]1CN(C(=O)CCc2ccc(C#N)cc2)c2ccccc2O1. The minimum absolute atomic E-state index is 0.0704. The number of carbonyl (C=O) groups excluding carboxylic acids is 2. The molecular weight excluding hydrogens is 330 g/mol. The van der Waals surface area contributed by atoms with Gasteiger partial charge in [0.15, 0.2) is 6.10 Å². The number of para-hydroxylation sites is 2. The van der Waals surface area contributed by atoms with E-state index in [2.05, 4.69) is 11.4 Å². The van der Waals surface area contributed by atoms with Crippen LogP contribution in [0.15, 0.2) is 48.5 Å². The zero-order valence-corrected chi connectivity index (χ0v) is 14.4. The molecular formula is C20H19N3O3. The van der Waals surface area contributed by atoms with Crippen molar-refractivity contribution in [3.8, 4) is 11.8 Å². The first-order valence-corrected chi connectivity index (χ1v) is 8.39. The predicted octanol–water partition coefficient (Wildman–Crippen LogP) is 2.03. The van der Waals surface area contributed by atoms with Crippen LogP contribution in [0.25, 0.3) is 0 Å². The van der Waals surface area contributed by atoms with E-state index in [1.54, 1.807) is 30.1 Å². The summed E-state index contributed by atoms with van der Waals surface area (Å²) in [5.74, 6) is 0.197. The first-order valence-electron chi connectivity index (χ1n) is 8.39. The summed E-state index contributed by atoms with van der Waals surface area (Å²) in [7, 11) is 1.54. The van der Waals surface area contributed by atoms with Gasteiger partial charge in [0.25, 0.3) is 5.91 Å². The van der Waals surface area contributed by atoms with Gasteiger partial charge < -0.3 is 15.0 Å². The van der Waals surface area contributed by atoms with Gasteiger partial charge in [-0.15, -0.1) is 0 Å². The van der Waals surface area contributed by atoms with E-state index in [1.165, 1.54) is 0 Å². The fourth-order valence-electron chi connectivity index (χ4n) is 2.90. The number of anilines is 1. The average Bonchev–Trinajstić information content (AvgIpc) is 2.70. The van der Waals surface area contributed by atoms with Gasteiger partial charge in [-0.1, -0.05) is 24.3 Å². The zero-order valence-electron chi connectivity index (χ0n) is 14.4.